The summed E-state index contributed by atoms with van der Waals surface area (Å²) in [6.07, 6.45) is 0.0411. The Morgan fingerprint density at radius 2 is 1.97 bits per heavy atom. The zero-order chi connectivity index (χ0) is 20.8. The highest BCUT2D eigenvalue weighted by molar-refractivity contribution is 7.99. The fraction of sp³-hybridized carbons (Fsp3) is 0.238. The zero-order valence-corrected chi connectivity index (χ0v) is 17.0. The standard InChI is InChI=1S/C21H21N3O4S/c1-14-6-5-7-15(12-14)22-18(25)13-29-21-23-17-9-4-3-8-16(17)20(27)24(21)11-10-19(26)28-2/h3-9,12H,10-11,13H2,1-2H3,(H,22,25). The minimum Gasteiger partial charge on any atom is -0.469 e. The van der Waals surface area contributed by atoms with Gasteiger partial charge in [-0.2, -0.15) is 0 Å². The van der Waals surface area contributed by atoms with E-state index in [-0.39, 0.29) is 30.2 Å². The van der Waals surface area contributed by atoms with Gasteiger partial charge in [0, 0.05) is 12.2 Å². The number of thioether (sulfide) groups is 1. The summed E-state index contributed by atoms with van der Waals surface area (Å²) in [6, 6.07) is 14.5. The molecule has 7 nitrogen and oxygen atoms in total. The molecule has 0 aliphatic carbocycles. The Balaban J connectivity index is 1.81. The van der Waals surface area contributed by atoms with Crippen LogP contribution in [0.5, 0.6) is 0 Å². The maximum atomic E-state index is 12.9. The molecule has 0 aliphatic heterocycles. The Kier molecular flexibility index (Phi) is 6.66. The maximum absolute atomic E-state index is 12.9. The second-order valence-corrected chi connectivity index (χ2v) is 7.34. The number of nitrogens with one attached hydrogen (secondary N) is 1. The Bertz CT molecular complexity index is 1110. The molecule has 8 heteroatoms. The molecule has 0 unspecified atom stereocenters. The molecule has 0 spiro atoms. The molecule has 1 aromatic heterocycles. The van der Waals surface area contributed by atoms with Crippen molar-refractivity contribution in [1.29, 1.82) is 0 Å². The van der Waals surface area contributed by atoms with Crippen LogP contribution in [0.2, 0.25) is 0 Å². The molecule has 0 aliphatic rings. The molecule has 29 heavy (non-hydrogen) atoms. The smallest absolute Gasteiger partial charge is 0.307 e. The van der Waals surface area contributed by atoms with Crippen LogP contribution in [0.15, 0.2) is 58.5 Å². The summed E-state index contributed by atoms with van der Waals surface area (Å²) in [7, 11) is 1.30. The lowest BCUT2D eigenvalue weighted by Gasteiger charge is -2.13. The zero-order valence-electron chi connectivity index (χ0n) is 16.2. The average molecular weight is 411 g/mol. The van der Waals surface area contributed by atoms with Gasteiger partial charge < -0.3 is 10.1 Å². The van der Waals surface area contributed by atoms with Crippen molar-refractivity contribution < 1.29 is 14.3 Å². The molecular weight excluding hydrogens is 390 g/mol. The van der Waals surface area contributed by atoms with E-state index >= 15 is 0 Å². The van der Waals surface area contributed by atoms with E-state index in [0.29, 0.717) is 21.7 Å². The van der Waals surface area contributed by atoms with Gasteiger partial charge >= 0.3 is 5.97 Å². The average Bonchev–Trinajstić information content (AvgIpc) is 2.71. The predicted octanol–water partition coefficient (Wildman–Crippen LogP) is 3.00. The molecule has 0 fully saturated rings. The number of fused-ring (bicyclic) bond motifs is 1. The lowest BCUT2D eigenvalue weighted by molar-refractivity contribution is -0.140. The van der Waals surface area contributed by atoms with Crippen molar-refractivity contribution in [3.05, 3.63) is 64.4 Å². The summed E-state index contributed by atoms with van der Waals surface area (Å²) < 4.78 is 6.09. The molecule has 3 aromatic rings. The molecule has 1 amide bonds. The van der Waals surface area contributed by atoms with Gasteiger partial charge in [-0.15, -0.1) is 0 Å². The second kappa shape index (κ2) is 9.38. The van der Waals surface area contributed by atoms with Gasteiger partial charge in [0.2, 0.25) is 5.91 Å². The normalized spacial score (nSPS) is 10.7. The van der Waals surface area contributed by atoms with Gasteiger partial charge in [-0.3, -0.25) is 19.0 Å². The monoisotopic (exact) mass is 411 g/mol. The van der Waals surface area contributed by atoms with Crippen LogP contribution in [0, 0.1) is 6.92 Å². The van der Waals surface area contributed by atoms with E-state index in [2.05, 4.69) is 15.0 Å². The molecular formula is C21H21N3O4S. The van der Waals surface area contributed by atoms with Crippen molar-refractivity contribution in [2.75, 3.05) is 18.2 Å². The van der Waals surface area contributed by atoms with Crippen molar-refractivity contribution in [2.24, 2.45) is 0 Å². The number of esters is 1. The van der Waals surface area contributed by atoms with E-state index in [0.717, 1.165) is 17.3 Å². The van der Waals surface area contributed by atoms with Gasteiger partial charge in [0.15, 0.2) is 5.16 Å². The van der Waals surface area contributed by atoms with Gasteiger partial charge in [-0.05, 0) is 36.8 Å². The second-order valence-electron chi connectivity index (χ2n) is 6.40. The molecule has 2 aromatic carbocycles. The number of aryl methyl sites for hydroxylation is 1. The number of anilines is 1. The first-order valence-corrected chi connectivity index (χ1v) is 10.0. The number of hydrogen-bond donors (Lipinski definition) is 1. The third kappa shape index (κ3) is 5.23. The summed E-state index contributed by atoms with van der Waals surface area (Å²) in [5.74, 6) is -0.544. The van der Waals surface area contributed by atoms with Crippen LogP contribution in [0.4, 0.5) is 5.69 Å². The Hall–Kier alpha value is -3.13. The number of rotatable bonds is 7. The molecule has 3 rings (SSSR count). The van der Waals surface area contributed by atoms with Crippen LogP contribution in [-0.2, 0) is 20.9 Å². The Labute approximate surface area is 172 Å². The minimum absolute atomic E-state index is 0.0411. The number of amides is 1. The fourth-order valence-corrected chi connectivity index (χ4v) is 3.64. The Morgan fingerprint density at radius 1 is 1.17 bits per heavy atom. The molecule has 1 N–H and O–H groups in total. The first kappa shape index (κ1) is 20.6. The van der Waals surface area contributed by atoms with Gasteiger partial charge in [0.05, 0.1) is 30.2 Å². The number of carbonyl (C=O) groups excluding carboxylic acids is 2. The lowest BCUT2D eigenvalue weighted by atomic mass is 10.2. The Morgan fingerprint density at radius 3 is 2.72 bits per heavy atom. The molecule has 0 saturated heterocycles. The van der Waals surface area contributed by atoms with Crippen LogP contribution in [-0.4, -0.2) is 34.3 Å². The number of methoxy groups -OCH3 is 1. The van der Waals surface area contributed by atoms with E-state index in [4.69, 9.17) is 0 Å². The van der Waals surface area contributed by atoms with Crippen molar-refractivity contribution >= 4 is 40.2 Å². The van der Waals surface area contributed by atoms with Crippen LogP contribution >= 0.6 is 11.8 Å². The van der Waals surface area contributed by atoms with Crippen LogP contribution in [0.3, 0.4) is 0 Å². The maximum Gasteiger partial charge on any atom is 0.307 e. The van der Waals surface area contributed by atoms with E-state index in [9.17, 15) is 14.4 Å². The molecule has 0 bridgehead atoms. The number of para-hydroxylation sites is 1. The molecule has 0 radical (unpaired) electrons. The summed E-state index contributed by atoms with van der Waals surface area (Å²) >= 11 is 1.15. The largest absolute Gasteiger partial charge is 0.469 e. The van der Waals surface area contributed by atoms with Crippen LogP contribution in [0.1, 0.15) is 12.0 Å². The first-order chi connectivity index (χ1) is 14.0. The van der Waals surface area contributed by atoms with Crippen LogP contribution in [0.25, 0.3) is 10.9 Å². The van der Waals surface area contributed by atoms with Crippen molar-refractivity contribution in [3.63, 3.8) is 0 Å². The summed E-state index contributed by atoms with van der Waals surface area (Å²) in [4.78, 5) is 41.3. The number of carbonyl (C=O) groups is 2. The predicted molar refractivity (Wildman–Crippen MR) is 113 cm³/mol. The number of benzene rings is 2. The molecule has 0 saturated carbocycles. The molecule has 150 valence electrons. The highest BCUT2D eigenvalue weighted by Crippen LogP contribution is 2.19. The van der Waals surface area contributed by atoms with Crippen molar-refractivity contribution in [1.82, 2.24) is 9.55 Å². The summed E-state index contributed by atoms with van der Waals surface area (Å²) in [5.41, 5.74) is 2.06. The van der Waals surface area contributed by atoms with E-state index in [1.165, 1.54) is 11.7 Å². The minimum atomic E-state index is -0.418. The van der Waals surface area contributed by atoms with Gasteiger partial charge in [-0.25, -0.2) is 4.98 Å². The highest BCUT2D eigenvalue weighted by Gasteiger charge is 2.14. The SMILES string of the molecule is COC(=O)CCn1c(SCC(=O)Nc2cccc(C)c2)nc2ccccc2c1=O. The number of aromatic nitrogens is 2. The van der Waals surface area contributed by atoms with Crippen molar-refractivity contribution in [3.8, 4) is 0 Å². The topological polar surface area (TPSA) is 90.3 Å². The summed E-state index contributed by atoms with van der Waals surface area (Å²) in [5, 5.41) is 3.68. The van der Waals surface area contributed by atoms with E-state index < -0.39 is 5.97 Å². The molecule has 0 atom stereocenters. The van der Waals surface area contributed by atoms with Gasteiger partial charge in [-0.1, -0.05) is 36.0 Å². The number of nitrogens with zero attached hydrogens (tertiary/aromatic N) is 2. The van der Waals surface area contributed by atoms with E-state index in [1.807, 2.05) is 31.2 Å². The van der Waals surface area contributed by atoms with Crippen molar-refractivity contribution in [2.45, 2.75) is 25.0 Å². The van der Waals surface area contributed by atoms with Crippen LogP contribution < -0.4 is 10.9 Å². The molecule has 1 heterocycles. The third-order valence-corrected chi connectivity index (χ3v) is 5.20. The summed E-state index contributed by atoms with van der Waals surface area (Å²) in [6.45, 7) is 2.08. The van der Waals surface area contributed by atoms with Gasteiger partial charge in [0.25, 0.3) is 5.56 Å². The third-order valence-electron chi connectivity index (χ3n) is 4.23. The number of ether oxygens (including phenoxy) is 1. The first-order valence-electron chi connectivity index (χ1n) is 9.03. The van der Waals surface area contributed by atoms with E-state index in [1.54, 1.807) is 24.3 Å². The fourth-order valence-electron chi connectivity index (χ4n) is 2.81. The van der Waals surface area contributed by atoms with Gasteiger partial charge in [0.1, 0.15) is 0 Å². The quantitative estimate of drug-likeness (QED) is 0.365. The lowest BCUT2D eigenvalue weighted by Crippen LogP contribution is -2.25. The highest BCUT2D eigenvalue weighted by atomic mass is 32.2. The number of hydrogen-bond acceptors (Lipinski definition) is 6.